The third kappa shape index (κ3) is 2.65. The topological polar surface area (TPSA) is 51.6 Å². The molecule has 0 unspecified atom stereocenters. The minimum Gasteiger partial charge on any atom is -0.481 e. The first-order valence-electron chi connectivity index (χ1n) is 7.18. The Hall–Kier alpha value is -0.840. The first-order valence-corrected chi connectivity index (χ1v) is 7.56. The van der Waals surface area contributed by atoms with Crippen molar-refractivity contribution in [2.24, 2.45) is 5.92 Å². The minimum absolute atomic E-state index is 0.306. The molecule has 0 bridgehead atoms. The van der Waals surface area contributed by atoms with Gasteiger partial charge in [-0.2, -0.15) is 0 Å². The van der Waals surface area contributed by atoms with Gasteiger partial charge in [0.15, 0.2) is 0 Å². The highest BCUT2D eigenvalue weighted by atomic mass is 35.5. The summed E-state index contributed by atoms with van der Waals surface area (Å²) in [7, 11) is 1.64. The highest BCUT2D eigenvalue weighted by Crippen LogP contribution is 2.44. The summed E-state index contributed by atoms with van der Waals surface area (Å²) in [4.78, 5) is 4.28. The molecule has 3 rings (SSSR count). The Morgan fingerprint density at radius 1 is 1.50 bits per heavy atom. The van der Waals surface area contributed by atoms with Gasteiger partial charge in [0, 0.05) is 12.2 Å². The van der Waals surface area contributed by atoms with Gasteiger partial charge in [0.25, 0.3) is 0 Å². The fourth-order valence-electron chi connectivity index (χ4n) is 3.47. The van der Waals surface area contributed by atoms with Gasteiger partial charge in [-0.25, -0.2) is 4.98 Å². The number of aliphatic hydroxyl groups excluding tert-OH is 1. The van der Waals surface area contributed by atoms with Crippen molar-refractivity contribution in [3.63, 3.8) is 0 Å². The van der Waals surface area contributed by atoms with E-state index >= 15 is 0 Å². The number of ether oxygens (including phenoxy) is 2. The van der Waals surface area contributed by atoms with Crippen molar-refractivity contribution in [1.29, 1.82) is 0 Å². The molecule has 2 aliphatic rings. The zero-order chi connectivity index (χ0) is 14.1. The van der Waals surface area contributed by atoms with Gasteiger partial charge in [-0.05, 0) is 49.1 Å². The zero-order valence-electron chi connectivity index (χ0n) is 11.6. The molecule has 4 nitrogen and oxygen atoms in total. The minimum atomic E-state index is -0.348. The van der Waals surface area contributed by atoms with E-state index in [1.165, 1.54) is 11.1 Å². The Bertz CT molecular complexity index is 494. The lowest BCUT2D eigenvalue weighted by atomic mass is 9.84. The van der Waals surface area contributed by atoms with E-state index in [0.29, 0.717) is 29.5 Å². The largest absolute Gasteiger partial charge is 0.481 e. The van der Waals surface area contributed by atoms with Crippen LogP contribution in [0.3, 0.4) is 0 Å². The van der Waals surface area contributed by atoms with E-state index < -0.39 is 0 Å². The zero-order valence-corrected chi connectivity index (χ0v) is 12.4. The summed E-state index contributed by atoms with van der Waals surface area (Å²) in [6.07, 6.45) is 3.64. The molecule has 3 atom stereocenters. The maximum Gasteiger partial charge on any atom is 0.218 e. The molecule has 1 aliphatic heterocycles. The van der Waals surface area contributed by atoms with Gasteiger partial charge in [-0.3, -0.25) is 0 Å². The summed E-state index contributed by atoms with van der Waals surface area (Å²) in [6.45, 7) is 1.21. The standard InChI is InChI=1S/C15H20ClNO3/c1-19-15-14-10(2-3-11(14)7-13(16)17-15)6-9-4-5-20-8-12(9)18/h7,9-10,12,18H,2-6,8H2,1H3/t9-,10-,12+/m0/s1. The number of aryl methyl sites for hydroxylation is 1. The summed E-state index contributed by atoms with van der Waals surface area (Å²) in [6, 6.07) is 1.94. The van der Waals surface area contributed by atoms with E-state index in [9.17, 15) is 5.11 Å². The lowest BCUT2D eigenvalue weighted by Gasteiger charge is -2.30. The number of aliphatic hydroxyl groups is 1. The SMILES string of the molecule is COc1nc(Cl)cc2c1[C@H](C[C@@H]1CCOC[C@H]1O)CC2. The molecule has 0 spiro atoms. The molecule has 0 amide bonds. The van der Waals surface area contributed by atoms with Crippen molar-refractivity contribution in [2.75, 3.05) is 20.3 Å². The molecule has 5 heteroatoms. The summed E-state index contributed by atoms with van der Waals surface area (Å²) >= 11 is 6.02. The molecule has 0 saturated carbocycles. The van der Waals surface area contributed by atoms with Gasteiger partial charge >= 0.3 is 0 Å². The summed E-state index contributed by atoms with van der Waals surface area (Å²) in [5, 5.41) is 10.5. The second-order valence-corrected chi connectivity index (χ2v) is 6.08. The normalized spacial score (nSPS) is 29.2. The van der Waals surface area contributed by atoms with E-state index in [4.69, 9.17) is 21.1 Å². The number of methoxy groups -OCH3 is 1. The molecule has 110 valence electrons. The molecular formula is C15H20ClNO3. The van der Waals surface area contributed by atoms with Crippen LogP contribution < -0.4 is 4.74 Å². The van der Waals surface area contributed by atoms with Gasteiger partial charge < -0.3 is 14.6 Å². The van der Waals surface area contributed by atoms with Crippen molar-refractivity contribution in [1.82, 2.24) is 4.98 Å². The monoisotopic (exact) mass is 297 g/mol. The van der Waals surface area contributed by atoms with Crippen molar-refractivity contribution < 1.29 is 14.6 Å². The number of aromatic nitrogens is 1. The first-order chi connectivity index (χ1) is 9.69. The highest BCUT2D eigenvalue weighted by Gasteiger charge is 2.33. The van der Waals surface area contributed by atoms with Crippen molar-refractivity contribution in [3.05, 3.63) is 22.3 Å². The second-order valence-electron chi connectivity index (χ2n) is 5.69. The molecule has 2 heterocycles. The van der Waals surface area contributed by atoms with Crippen LogP contribution in [0.1, 0.15) is 36.3 Å². The van der Waals surface area contributed by atoms with Crippen LogP contribution in [0.25, 0.3) is 0 Å². The number of fused-ring (bicyclic) bond motifs is 1. The Balaban J connectivity index is 1.81. The van der Waals surface area contributed by atoms with Crippen LogP contribution in [-0.4, -0.2) is 36.5 Å². The summed E-state index contributed by atoms with van der Waals surface area (Å²) in [5.74, 6) is 1.36. The van der Waals surface area contributed by atoms with Crippen LogP contribution in [0.2, 0.25) is 5.15 Å². The molecule has 1 aliphatic carbocycles. The number of pyridine rings is 1. The molecule has 1 aromatic heterocycles. The maximum atomic E-state index is 10.1. The van der Waals surface area contributed by atoms with E-state index in [2.05, 4.69) is 4.98 Å². The highest BCUT2D eigenvalue weighted by molar-refractivity contribution is 6.29. The van der Waals surface area contributed by atoms with Crippen molar-refractivity contribution >= 4 is 11.6 Å². The first kappa shape index (κ1) is 14.1. The molecular weight excluding hydrogens is 278 g/mol. The third-order valence-electron chi connectivity index (χ3n) is 4.49. The van der Waals surface area contributed by atoms with E-state index in [-0.39, 0.29) is 6.10 Å². The molecule has 1 aromatic rings. The summed E-state index contributed by atoms with van der Waals surface area (Å²) < 4.78 is 10.7. The fraction of sp³-hybridized carbons (Fsp3) is 0.667. The molecule has 1 saturated heterocycles. The van der Waals surface area contributed by atoms with E-state index in [1.807, 2.05) is 6.07 Å². The maximum absolute atomic E-state index is 10.1. The van der Waals surface area contributed by atoms with Gasteiger partial charge in [-0.1, -0.05) is 11.6 Å². The quantitative estimate of drug-likeness (QED) is 0.871. The van der Waals surface area contributed by atoms with Crippen LogP contribution in [-0.2, 0) is 11.2 Å². The van der Waals surface area contributed by atoms with Crippen LogP contribution in [0, 0.1) is 5.92 Å². The van der Waals surface area contributed by atoms with Crippen LogP contribution >= 0.6 is 11.6 Å². The smallest absolute Gasteiger partial charge is 0.218 e. The summed E-state index contributed by atoms with van der Waals surface area (Å²) in [5.41, 5.74) is 2.43. The Morgan fingerprint density at radius 3 is 3.10 bits per heavy atom. The molecule has 1 N–H and O–H groups in total. The van der Waals surface area contributed by atoms with Gasteiger partial charge in [0.2, 0.25) is 5.88 Å². The number of rotatable bonds is 3. The average molecular weight is 298 g/mol. The third-order valence-corrected chi connectivity index (χ3v) is 4.69. The predicted molar refractivity (Wildman–Crippen MR) is 76.4 cm³/mol. The van der Waals surface area contributed by atoms with Crippen molar-refractivity contribution in [2.45, 2.75) is 37.7 Å². The van der Waals surface area contributed by atoms with E-state index in [1.54, 1.807) is 7.11 Å². The van der Waals surface area contributed by atoms with Crippen LogP contribution in [0.15, 0.2) is 6.07 Å². The van der Waals surface area contributed by atoms with Crippen LogP contribution in [0.4, 0.5) is 0 Å². The van der Waals surface area contributed by atoms with E-state index in [0.717, 1.165) is 32.3 Å². The molecule has 0 aromatic carbocycles. The Kier molecular flexibility index (Phi) is 4.15. The molecule has 0 radical (unpaired) electrons. The Morgan fingerprint density at radius 2 is 2.35 bits per heavy atom. The van der Waals surface area contributed by atoms with Gasteiger partial charge in [-0.15, -0.1) is 0 Å². The Labute approximate surface area is 124 Å². The van der Waals surface area contributed by atoms with Crippen LogP contribution in [0.5, 0.6) is 5.88 Å². The number of halogens is 1. The molecule has 1 fully saturated rings. The van der Waals surface area contributed by atoms with Gasteiger partial charge in [0.05, 0.1) is 19.8 Å². The number of hydrogen-bond acceptors (Lipinski definition) is 4. The second kappa shape index (κ2) is 5.88. The predicted octanol–water partition coefficient (Wildman–Crippen LogP) is 2.56. The lowest BCUT2D eigenvalue weighted by molar-refractivity contribution is -0.0478. The number of nitrogens with zero attached hydrogens (tertiary/aromatic N) is 1. The lowest BCUT2D eigenvalue weighted by Crippen LogP contribution is -2.33. The average Bonchev–Trinajstić information content (AvgIpc) is 2.83. The van der Waals surface area contributed by atoms with Crippen molar-refractivity contribution in [3.8, 4) is 5.88 Å². The fourth-order valence-corrected chi connectivity index (χ4v) is 3.67. The van der Waals surface area contributed by atoms with Gasteiger partial charge in [0.1, 0.15) is 5.15 Å². The number of hydrogen-bond donors (Lipinski definition) is 1. The molecule has 20 heavy (non-hydrogen) atoms.